The second-order valence-corrected chi connectivity index (χ2v) is 6.38. The smallest absolute Gasteiger partial charge is 0.264 e. The number of para-hydroxylation sites is 2. The molecule has 3 aromatic rings. The number of rotatable bonds is 3. The molecule has 1 aromatic heterocycles. The minimum atomic E-state index is -3.71. The molecular weight excluding hydrogens is 288 g/mol. The number of imidazole rings is 1. The number of sulfonamides is 1. The Morgan fingerprint density at radius 1 is 1.19 bits per heavy atom. The summed E-state index contributed by atoms with van der Waals surface area (Å²) in [6.45, 7) is 1.70. The zero-order chi connectivity index (χ0) is 15.0. The third-order valence-electron chi connectivity index (χ3n) is 3.11. The van der Waals surface area contributed by atoms with Crippen LogP contribution in [-0.4, -0.2) is 18.4 Å². The van der Waals surface area contributed by atoms with E-state index in [0.717, 1.165) is 5.52 Å². The van der Waals surface area contributed by atoms with Gasteiger partial charge in [-0.05, 0) is 42.8 Å². The SMILES string of the molecule is Cc1cc(N)ccc1S(=O)(=O)Nc1nc2ccccc2[nH]1. The van der Waals surface area contributed by atoms with Gasteiger partial charge in [0.1, 0.15) is 0 Å². The van der Waals surface area contributed by atoms with Crippen molar-refractivity contribution in [1.82, 2.24) is 9.97 Å². The minimum absolute atomic E-state index is 0.178. The Balaban J connectivity index is 1.99. The fourth-order valence-electron chi connectivity index (χ4n) is 2.16. The van der Waals surface area contributed by atoms with Crippen LogP contribution >= 0.6 is 0 Å². The number of nitrogens with one attached hydrogen (secondary N) is 2. The van der Waals surface area contributed by atoms with Gasteiger partial charge >= 0.3 is 0 Å². The highest BCUT2D eigenvalue weighted by Crippen LogP contribution is 2.21. The molecule has 0 fully saturated rings. The number of nitrogen functional groups attached to an aromatic ring is 1. The summed E-state index contributed by atoms with van der Waals surface area (Å²) < 4.78 is 27.2. The number of hydrogen-bond donors (Lipinski definition) is 3. The summed E-state index contributed by atoms with van der Waals surface area (Å²) in [7, 11) is -3.71. The van der Waals surface area contributed by atoms with E-state index in [1.54, 1.807) is 25.1 Å². The number of nitrogens with two attached hydrogens (primary N) is 1. The largest absolute Gasteiger partial charge is 0.399 e. The lowest BCUT2D eigenvalue weighted by Crippen LogP contribution is -2.15. The van der Waals surface area contributed by atoms with Gasteiger partial charge < -0.3 is 10.7 Å². The molecule has 0 aliphatic carbocycles. The molecule has 0 amide bonds. The first kappa shape index (κ1) is 13.4. The van der Waals surface area contributed by atoms with Crippen molar-refractivity contribution in [2.24, 2.45) is 0 Å². The number of hydrogen-bond acceptors (Lipinski definition) is 4. The summed E-state index contributed by atoms with van der Waals surface area (Å²) in [5, 5.41) is 0. The molecule has 4 N–H and O–H groups in total. The first-order valence-corrected chi connectivity index (χ1v) is 7.78. The molecule has 0 saturated heterocycles. The van der Waals surface area contributed by atoms with Crippen molar-refractivity contribution in [3.8, 4) is 0 Å². The van der Waals surface area contributed by atoms with Gasteiger partial charge in [-0.15, -0.1) is 0 Å². The van der Waals surface area contributed by atoms with Crippen LogP contribution in [0.1, 0.15) is 5.56 Å². The third kappa shape index (κ3) is 2.55. The second-order valence-electron chi connectivity index (χ2n) is 4.73. The topological polar surface area (TPSA) is 101 Å². The number of aryl methyl sites for hydroxylation is 1. The van der Waals surface area contributed by atoms with E-state index in [0.29, 0.717) is 16.8 Å². The van der Waals surface area contributed by atoms with E-state index < -0.39 is 10.0 Å². The number of benzene rings is 2. The molecule has 108 valence electrons. The summed E-state index contributed by atoms with van der Waals surface area (Å²) >= 11 is 0. The molecule has 7 heteroatoms. The molecule has 2 aromatic carbocycles. The number of aromatic nitrogens is 2. The maximum Gasteiger partial charge on any atom is 0.264 e. The van der Waals surface area contributed by atoms with Gasteiger partial charge in [0.05, 0.1) is 15.9 Å². The number of anilines is 2. The molecule has 0 unspecified atom stereocenters. The highest BCUT2D eigenvalue weighted by Gasteiger charge is 2.18. The van der Waals surface area contributed by atoms with Gasteiger partial charge in [0.2, 0.25) is 5.95 Å². The van der Waals surface area contributed by atoms with Crippen LogP contribution < -0.4 is 10.5 Å². The zero-order valence-electron chi connectivity index (χ0n) is 11.3. The first-order chi connectivity index (χ1) is 9.95. The van der Waals surface area contributed by atoms with Crippen LogP contribution in [0.15, 0.2) is 47.4 Å². The molecule has 1 heterocycles. The maximum atomic E-state index is 12.4. The van der Waals surface area contributed by atoms with Gasteiger partial charge in [-0.2, -0.15) is 0 Å². The van der Waals surface area contributed by atoms with Gasteiger partial charge in [0.15, 0.2) is 0 Å². The zero-order valence-corrected chi connectivity index (χ0v) is 12.1. The lowest BCUT2D eigenvalue weighted by molar-refractivity contribution is 0.600. The Kier molecular flexibility index (Phi) is 3.06. The lowest BCUT2D eigenvalue weighted by atomic mass is 10.2. The molecule has 3 rings (SSSR count). The third-order valence-corrected chi connectivity index (χ3v) is 4.61. The Morgan fingerprint density at radius 3 is 2.67 bits per heavy atom. The van der Waals surface area contributed by atoms with Crippen LogP contribution in [0.3, 0.4) is 0 Å². The van der Waals surface area contributed by atoms with Crippen molar-refractivity contribution < 1.29 is 8.42 Å². The Bertz CT molecular complexity index is 883. The molecule has 0 bridgehead atoms. The highest BCUT2D eigenvalue weighted by molar-refractivity contribution is 7.92. The van der Waals surface area contributed by atoms with Crippen molar-refractivity contribution in [2.75, 3.05) is 10.5 Å². The van der Waals surface area contributed by atoms with Crippen LogP contribution in [-0.2, 0) is 10.0 Å². The van der Waals surface area contributed by atoms with E-state index in [2.05, 4.69) is 14.7 Å². The maximum absolute atomic E-state index is 12.4. The minimum Gasteiger partial charge on any atom is -0.399 e. The van der Waals surface area contributed by atoms with Crippen molar-refractivity contribution in [1.29, 1.82) is 0 Å². The average Bonchev–Trinajstić information content (AvgIpc) is 2.79. The van der Waals surface area contributed by atoms with Crippen LogP contribution in [0, 0.1) is 6.92 Å². The predicted molar refractivity (Wildman–Crippen MR) is 82.5 cm³/mol. The number of H-pyrrole nitrogens is 1. The first-order valence-electron chi connectivity index (χ1n) is 6.29. The second kappa shape index (κ2) is 4.78. The molecular formula is C14H14N4O2S. The van der Waals surface area contributed by atoms with Gasteiger partial charge in [0.25, 0.3) is 10.0 Å². The number of aromatic amines is 1. The molecule has 0 spiro atoms. The quantitative estimate of drug-likeness (QED) is 0.646. The van der Waals surface area contributed by atoms with Gasteiger partial charge in [-0.25, -0.2) is 18.1 Å². The van der Waals surface area contributed by atoms with Gasteiger partial charge in [-0.3, -0.25) is 0 Å². The van der Waals surface area contributed by atoms with Crippen LogP contribution in [0.2, 0.25) is 0 Å². The van der Waals surface area contributed by atoms with E-state index >= 15 is 0 Å². The van der Waals surface area contributed by atoms with E-state index in [4.69, 9.17) is 5.73 Å². The monoisotopic (exact) mass is 302 g/mol. The highest BCUT2D eigenvalue weighted by atomic mass is 32.2. The molecule has 0 radical (unpaired) electrons. The standard InChI is InChI=1S/C14H14N4O2S/c1-9-8-10(15)6-7-13(9)21(19,20)18-14-16-11-4-2-3-5-12(11)17-14/h2-8H,15H2,1H3,(H2,16,17,18). The van der Waals surface area contributed by atoms with Crippen LogP contribution in [0.4, 0.5) is 11.6 Å². The van der Waals surface area contributed by atoms with E-state index in [1.165, 1.54) is 6.07 Å². The fourth-order valence-corrected chi connectivity index (χ4v) is 3.35. The summed E-state index contributed by atoms with van der Waals surface area (Å²) in [5.74, 6) is 0.187. The van der Waals surface area contributed by atoms with Crippen molar-refractivity contribution in [3.05, 3.63) is 48.0 Å². The van der Waals surface area contributed by atoms with Crippen molar-refractivity contribution >= 4 is 32.7 Å². The van der Waals surface area contributed by atoms with E-state index in [9.17, 15) is 8.42 Å². The summed E-state index contributed by atoms with van der Waals surface area (Å²) in [5.41, 5.74) is 8.21. The molecule has 0 atom stereocenters. The Labute approximate surface area is 122 Å². The fraction of sp³-hybridized carbons (Fsp3) is 0.0714. The normalized spacial score (nSPS) is 11.7. The predicted octanol–water partition coefficient (Wildman–Crippen LogP) is 2.25. The Hall–Kier alpha value is -2.54. The average molecular weight is 302 g/mol. The molecule has 21 heavy (non-hydrogen) atoms. The summed E-state index contributed by atoms with van der Waals surface area (Å²) in [4.78, 5) is 7.30. The lowest BCUT2D eigenvalue weighted by Gasteiger charge is -2.08. The number of fused-ring (bicyclic) bond motifs is 1. The summed E-state index contributed by atoms with van der Waals surface area (Å²) in [6.07, 6.45) is 0. The van der Waals surface area contributed by atoms with Gasteiger partial charge in [0, 0.05) is 5.69 Å². The molecule has 6 nitrogen and oxygen atoms in total. The van der Waals surface area contributed by atoms with E-state index in [1.807, 2.05) is 18.2 Å². The van der Waals surface area contributed by atoms with Crippen molar-refractivity contribution in [2.45, 2.75) is 11.8 Å². The number of nitrogens with zero attached hydrogens (tertiary/aromatic N) is 1. The van der Waals surface area contributed by atoms with Crippen LogP contribution in [0.5, 0.6) is 0 Å². The van der Waals surface area contributed by atoms with E-state index in [-0.39, 0.29) is 10.8 Å². The van der Waals surface area contributed by atoms with Gasteiger partial charge in [-0.1, -0.05) is 12.1 Å². The molecule has 0 saturated carbocycles. The molecule has 0 aliphatic heterocycles. The summed E-state index contributed by atoms with van der Waals surface area (Å²) in [6, 6.07) is 12.0. The van der Waals surface area contributed by atoms with Crippen molar-refractivity contribution in [3.63, 3.8) is 0 Å². The van der Waals surface area contributed by atoms with Crippen LogP contribution in [0.25, 0.3) is 11.0 Å². The Morgan fingerprint density at radius 2 is 1.95 bits per heavy atom. The molecule has 0 aliphatic rings.